The lowest BCUT2D eigenvalue weighted by Crippen LogP contribution is -2.30. The number of hydrogen-bond donors (Lipinski definition) is 3. The number of carbonyl (C=O) groups excluding carboxylic acids is 2. The molecule has 0 aliphatic rings. The summed E-state index contributed by atoms with van der Waals surface area (Å²) in [6.45, 7) is 2.03. The van der Waals surface area contributed by atoms with E-state index in [0.717, 1.165) is 0 Å². The maximum atomic E-state index is 12.5. The molecule has 3 rings (SSSR count). The van der Waals surface area contributed by atoms with Crippen molar-refractivity contribution in [2.75, 3.05) is 17.2 Å². The van der Waals surface area contributed by atoms with Crippen molar-refractivity contribution < 1.29 is 22.7 Å². The zero-order valence-corrected chi connectivity index (χ0v) is 19.2. The molecule has 33 heavy (non-hydrogen) atoms. The van der Waals surface area contributed by atoms with Crippen molar-refractivity contribution in [1.82, 2.24) is 4.72 Å². The Hall–Kier alpha value is -3.76. The Morgan fingerprint density at radius 3 is 1.91 bits per heavy atom. The fraction of sp³-hybridized carbons (Fsp3) is 0.0870. The molecule has 0 radical (unpaired) electrons. The SMILES string of the molecule is CCOC(=O)c1ccc(NC(=S)Nc2ccc(S(=O)(=O)NC(=O)c3ccccc3)cc2)cc1. The molecule has 1 amide bonds. The molecule has 0 aromatic heterocycles. The second-order valence-corrected chi connectivity index (χ2v) is 8.79. The van der Waals surface area contributed by atoms with Crippen LogP contribution >= 0.6 is 12.2 Å². The van der Waals surface area contributed by atoms with Crippen LogP contribution in [-0.2, 0) is 14.8 Å². The van der Waals surface area contributed by atoms with Crippen LogP contribution in [0.3, 0.4) is 0 Å². The summed E-state index contributed by atoms with van der Waals surface area (Å²) < 4.78 is 32.0. The molecular weight excluding hydrogens is 462 g/mol. The number of hydrogen-bond acceptors (Lipinski definition) is 6. The molecule has 0 bridgehead atoms. The summed E-state index contributed by atoms with van der Waals surface area (Å²) in [4.78, 5) is 23.8. The Kier molecular flexibility index (Phi) is 7.75. The first kappa shape index (κ1) is 23.9. The number of sulfonamides is 1. The van der Waals surface area contributed by atoms with Gasteiger partial charge in [-0.05, 0) is 79.8 Å². The van der Waals surface area contributed by atoms with Gasteiger partial charge in [0.25, 0.3) is 15.9 Å². The second kappa shape index (κ2) is 10.7. The third-order valence-electron chi connectivity index (χ3n) is 4.34. The van der Waals surface area contributed by atoms with Gasteiger partial charge < -0.3 is 15.4 Å². The number of carbonyl (C=O) groups is 2. The van der Waals surface area contributed by atoms with Gasteiger partial charge in [-0.2, -0.15) is 0 Å². The zero-order valence-electron chi connectivity index (χ0n) is 17.6. The smallest absolute Gasteiger partial charge is 0.338 e. The number of ether oxygens (including phenoxy) is 1. The van der Waals surface area contributed by atoms with E-state index in [9.17, 15) is 18.0 Å². The minimum absolute atomic E-state index is 0.0641. The highest BCUT2D eigenvalue weighted by atomic mass is 32.2. The minimum Gasteiger partial charge on any atom is -0.462 e. The fourth-order valence-corrected chi connectivity index (χ4v) is 3.95. The van der Waals surface area contributed by atoms with Gasteiger partial charge in [-0.3, -0.25) is 4.79 Å². The first-order chi connectivity index (χ1) is 15.8. The van der Waals surface area contributed by atoms with Crippen LogP contribution in [0.1, 0.15) is 27.6 Å². The molecule has 8 nitrogen and oxygen atoms in total. The van der Waals surface area contributed by atoms with Crippen LogP contribution in [0, 0.1) is 0 Å². The molecule has 0 saturated carbocycles. The van der Waals surface area contributed by atoms with Gasteiger partial charge in [-0.1, -0.05) is 18.2 Å². The highest BCUT2D eigenvalue weighted by molar-refractivity contribution is 7.90. The van der Waals surface area contributed by atoms with Crippen molar-refractivity contribution in [2.45, 2.75) is 11.8 Å². The summed E-state index contributed by atoms with van der Waals surface area (Å²) in [5.74, 6) is -1.11. The van der Waals surface area contributed by atoms with Crippen molar-refractivity contribution in [2.24, 2.45) is 0 Å². The number of thiocarbonyl (C=S) groups is 1. The maximum Gasteiger partial charge on any atom is 0.338 e. The highest BCUT2D eigenvalue weighted by Gasteiger charge is 2.18. The third kappa shape index (κ3) is 6.61. The van der Waals surface area contributed by atoms with Gasteiger partial charge in [0.05, 0.1) is 17.1 Å². The Labute approximate surface area is 197 Å². The van der Waals surface area contributed by atoms with E-state index in [-0.39, 0.29) is 15.6 Å². The molecule has 0 heterocycles. The molecule has 0 aliphatic carbocycles. The molecule has 0 unspecified atom stereocenters. The fourth-order valence-electron chi connectivity index (χ4n) is 2.74. The van der Waals surface area contributed by atoms with Crippen LogP contribution in [0.5, 0.6) is 0 Å². The van der Waals surface area contributed by atoms with Crippen LogP contribution in [0.2, 0.25) is 0 Å². The average molecular weight is 484 g/mol. The van der Waals surface area contributed by atoms with Gasteiger partial charge >= 0.3 is 5.97 Å². The first-order valence-corrected chi connectivity index (χ1v) is 11.7. The number of amides is 1. The van der Waals surface area contributed by atoms with E-state index in [1.54, 1.807) is 49.4 Å². The average Bonchev–Trinajstić information content (AvgIpc) is 2.80. The normalized spacial score (nSPS) is 10.7. The van der Waals surface area contributed by atoms with Crippen LogP contribution in [-0.4, -0.2) is 32.0 Å². The van der Waals surface area contributed by atoms with E-state index in [2.05, 4.69) is 10.6 Å². The minimum atomic E-state index is -4.03. The summed E-state index contributed by atoms with van der Waals surface area (Å²) in [5, 5.41) is 6.18. The van der Waals surface area contributed by atoms with Crippen LogP contribution < -0.4 is 15.4 Å². The van der Waals surface area contributed by atoms with E-state index in [4.69, 9.17) is 17.0 Å². The van der Waals surface area contributed by atoms with Crippen molar-refractivity contribution in [3.8, 4) is 0 Å². The second-order valence-electron chi connectivity index (χ2n) is 6.70. The first-order valence-electron chi connectivity index (χ1n) is 9.86. The molecule has 0 fully saturated rings. The lowest BCUT2D eigenvalue weighted by Gasteiger charge is -2.12. The third-order valence-corrected chi connectivity index (χ3v) is 5.89. The van der Waals surface area contributed by atoms with Crippen LogP contribution in [0.4, 0.5) is 11.4 Å². The topological polar surface area (TPSA) is 114 Å². The molecule has 10 heteroatoms. The van der Waals surface area contributed by atoms with Crippen molar-refractivity contribution in [3.63, 3.8) is 0 Å². The summed E-state index contributed by atoms with van der Waals surface area (Å²) in [5.41, 5.74) is 1.87. The largest absolute Gasteiger partial charge is 0.462 e. The van der Waals surface area contributed by atoms with Crippen molar-refractivity contribution >= 4 is 50.6 Å². The quantitative estimate of drug-likeness (QED) is 0.344. The van der Waals surface area contributed by atoms with Gasteiger partial charge in [-0.15, -0.1) is 0 Å². The molecule has 0 atom stereocenters. The summed E-state index contributed by atoms with van der Waals surface area (Å²) in [7, 11) is -4.03. The van der Waals surface area contributed by atoms with Gasteiger partial charge in [0, 0.05) is 16.9 Å². The predicted molar refractivity (Wildman–Crippen MR) is 130 cm³/mol. The van der Waals surface area contributed by atoms with E-state index in [1.165, 1.54) is 36.4 Å². The standard InChI is InChI=1S/C23H21N3O5S2/c1-2-31-22(28)17-8-10-18(11-9-17)24-23(32)25-19-12-14-20(15-13-19)33(29,30)26-21(27)16-6-4-3-5-7-16/h3-15H,2H2,1H3,(H,26,27)(H2,24,25,32). The summed E-state index contributed by atoms with van der Waals surface area (Å²) in [6, 6.07) is 20.5. The van der Waals surface area contributed by atoms with Gasteiger partial charge in [0.2, 0.25) is 0 Å². The van der Waals surface area contributed by atoms with Crippen LogP contribution in [0.25, 0.3) is 0 Å². The van der Waals surface area contributed by atoms with Gasteiger partial charge in [-0.25, -0.2) is 17.9 Å². The van der Waals surface area contributed by atoms with Crippen LogP contribution in [0.15, 0.2) is 83.8 Å². The van der Waals surface area contributed by atoms with Crippen molar-refractivity contribution in [3.05, 3.63) is 90.0 Å². The van der Waals surface area contributed by atoms with E-state index < -0.39 is 21.9 Å². The Morgan fingerprint density at radius 1 is 0.818 bits per heavy atom. The lowest BCUT2D eigenvalue weighted by atomic mass is 10.2. The number of rotatable bonds is 7. The summed E-state index contributed by atoms with van der Waals surface area (Å²) in [6.07, 6.45) is 0. The van der Waals surface area contributed by atoms with E-state index >= 15 is 0 Å². The molecule has 0 spiro atoms. The van der Waals surface area contributed by atoms with E-state index in [1.807, 2.05) is 4.72 Å². The molecular formula is C23H21N3O5S2. The molecule has 3 N–H and O–H groups in total. The number of esters is 1. The number of nitrogens with one attached hydrogen (secondary N) is 3. The molecule has 170 valence electrons. The number of anilines is 2. The van der Waals surface area contributed by atoms with Gasteiger partial charge in [0.15, 0.2) is 5.11 Å². The lowest BCUT2D eigenvalue weighted by molar-refractivity contribution is 0.0526. The molecule has 0 saturated heterocycles. The molecule has 3 aromatic rings. The molecule has 3 aromatic carbocycles. The molecule has 0 aliphatic heterocycles. The van der Waals surface area contributed by atoms with Gasteiger partial charge in [0.1, 0.15) is 0 Å². The van der Waals surface area contributed by atoms with E-state index in [0.29, 0.717) is 23.5 Å². The Balaban J connectivity index is 1.59. The number of benzene rings is 3. The highest BCUT2D eigenvalue weighted by Crippen LogP contribution is 2.16. The predicted octanol–water partition coefficient (Wildman–Crippen LogP) is 3.79. The maximum absolute atomic E-state index is 12.5. The summed E-state index contributed by atoms with van der Waals surface area (Å²) >= 11 is 5.27. The zero-order chi connectivity index (χ0) is 23.8. The van der Waals surface area contributed by atoms with Crippen molar-refractivity contribution in [1.29, 1.82) is 0 Å². The monoisotopic (exact) mass is 483 g/mol. The Morgan fingerprint density at radius 2 is 1.36 bits per heavy atom. The Bertz CT molecular complexity index is 1240.